The quantitative estimate of drug-likeness (QED) is 0.139. The van der Waals surface area contributed by atoms with Crippen LogP contribution in [-0.4, -0.2) is 81.6 Å². The van der Waals surface area contributed by atoms with Crippen LogP contribution in [0.1, 0.15) is 33.3 Å². The molecule has 0 aromatic carbocycles. The molecule has 14 heteroatoms. The first-order valence-electron chi connectivity index (χ1n) is 9.22. The maximum absolute atomic E-state index is 12.4. The Balaban J connectivity index is 3.58. The van der Waals surface area contributed by atoms with Gasteiger partial charge in [-0.2, -0.15) is 10.2 Å². The van der Waals surface area contributed by atoms with Crippen molar-refractivity contribution in [2.24, 2.45) is 5.92 Å². The van der Waals surface area contributed by atoms with Gasteiger partial charge in [-0.3, -0.25) is 9.78 Å². The average molecular weight is 444 g/mol. The lowest BCUT2D eigenvalue weighted by molar-refractivity contribution is -0.374. The van der Waals surface area contributed by atoms with Crippen LogP contribution in [0.4, 0.5) is 11.6 Å². The Kier molecular flexibility index (Phi) is 7.73. The van der Waals surface area contributed by atoms with E-state index in [2.05, 4.69) is 20.6 Å². The molecule has 0 aliphatic carbocycles. The fourth-order valence-corrected chi connectivity index (χ4v) is 2.88. The summed E-state index contributed by atoms with van der Waals surface area (Å²) in [5, 5.41) is 74.8. The highest BCUT2D eigenvalue weighted by Gasteiger charge is 2.57. The van der Waals surface area contributed by atoms with Crippen molar-refractivity contribution in [3.8, 4) is 6.07 Å². The fraction of sp³-hybridized carbons (Fsp3) is 0.647. The maximum atomic E-state index is 12.4. The number of H-pyrrole nitrogens is 1. The van der Waals surface area contributed by atoms with E-state index in [9.17, 15) is 40.2 Å². The second-order valence-corrected chi connectivity index (χ2v) is 7.37. The zero-order valence-corrected chi connectivity index (χ0v) is 17.7. The highest BCUT2D eigenvalue weighted by atomic mass is 16.6. The van der Waals surface area contributed by atoms with Gasteiger partial charge in [0.25, 0.3) is 5.91 Å². The molecule has 0 aliphatic heterocycles. The highest BCUT2D eigenvalue weighted by molar-refractivity contribution is 5.86. The minimum atomic E-state index is -3.80. The summed E-state index contributed by atoms with van der Waals surface area (Å²) in [6, 6.07) is -0.844. The molecular formula is C17H28N6O8. The van der Waals surface area contributed by atoms with E-state index in [0.29, 0.717) is 19.0 Å². The van der Waals surface area contributed by atoms with Gasteiger partial charge in [-0.05, 0) is 19.8 Å². The van der Waals surface area contributed by atoms with E-state index in [1.807, 2.05) is 0 Å². The largest absolute Gasteiger partial charge is 0.370 e. The van der Waals surface area contributed by atoms with Crippen LogP contribution in [0.3, 0.4) is 0 Å². The first kappa shape index (κ1) is 26.2. The van der Waals surface area contributed by atoms with Crippen molar-refractivity contribution in [2.45, 2.75) is 58.3 Å². The molecule has 1 aromatic heterocycles. The molecule has 31 heavy (non-hydrogen) atoms. The standard InChI is InChI=1S/C17H28N6O8/c1-6-19-11-9(4)12(22-14(25)21-11)20-10(8(2)3)17(30,31)23(15(5,26)27)13(24)16(28,29)7-18/h8,10,26-31H,6H2,1-5H3,(H3,19,20,21,22,25). The van der Waals surface area contributed by atoms with Crippen LogP contribution in [0.5, 0.6) is 0 Å². The number of amides is 1. The molecule has 0 spiro atoms. The maximum Gasteiger partial charge on any atom is 0.348 e. The summed E-state index contributed by atoms with van der Waals surface area (Å²) >= 11 is 0. The van der Waals surface area contributed by atoms with Crippen LogP contribution in [0, 0.1) is 24.2 Å². The topological polar surface area (TPSA) is 235 Å². The molecule has 1 heterocycles. The third kappa shape index (κ3) is 5.67. The van der Waals surface area contributed by atoms with Crippen LogP contribution in [0.15, 0.2) is 4.79 Å². The second-order valence-electron chi connectivity index (χ2n) is 7.37. The number of rotatable bonds is 9. The summed E-state index contributed by atoms with van der Waals surface area (Å²) < 4.78 is 0. The predicted molar refractivity (Wildman–Crippen MR) is 106 cm³/mol. The number of anilines is 2. The average Bonchev–Trinajstić information content (AvgIpc) is 2.61. The van der Waals surface area contributed by atoms with Crippen molar-refractivity contribution in [3.05, 3.63) is 16.0 Å². The molecule has 0 saturated heterocycles. The lowest BCUT2D eigenvalue weighted by Crippen LogP contribution is -2.72. The zero-order valence-electron chi connectivity index (χ0n) is 17.7. The number of aliphatic hydroxyl groups is 6. The monoisotopic (exact) mass is 444 g/mol. The van der Waals surface area contributed by atoms with Crippen molar-refractivity contribution in [3.63, 3.8) is 0 Å². The molecule has 0 radical (unpaired) electrons. The summed E-state index contributed by atoms with van der Waals surface area (Å²) in [6.07, 6.45) is 0. The molecule has 14 nitrogen and oxygen atoms in total. The van der Waals surface area contributed by atoms with Crippen LogP contribution in [-0.2, 0) is 4.79 Å². The van der Waals surface area contributed by atoms with Gasteiger partial charge in [0.15, 0.2) is 0 Å². The van der Waals surface area contributed by atoms with Crippen molar-refractivity contribution in [2.75, 3.05) is 17.2 Å². The number of nitriles is 1. The second kappa shape index (κ2) is 9.14. The summed E-state index contributed by atoms with van der Waals surface area (Å²) in [6.45, 7) is 7.19. The molecule has 0 fully saturated rings. The number of aromatic amines is 1. The molecule has 174 valence electrons. The zero-order chi connectivity index (χ0) is 24.4. The van der Waals surface area contributed by atoms with Crippen LogP contribution >= 0.6 is 0 Å². The number of nitrogens with zero attached hydrogens (tertiary/aromatic N) is 3. The molecule has 1 aromatic rings. The van der Waals surface area contributed by atoms with Gasteiger partial charge >= 0.3 is 17.4 Å². The third-order valence-corrected chi connectivity index (χ3v) is 4.31. The minimum absolute atomic E-state index is 0.0355. The molecule has 0 aliphatic rings. The Hall–Kier alpha value is -2.80. The molecule has 1 rings (SSSR count). The molecular weight excluding hydrogens is 416 g/mol. The van der Waals surface area contributed by atoms with Crippen LogP contribution in [0.25, 0.3) is 0 Å². The normalized spacial score (nSPS) is 13.5. The minimum Gasteiger partial charge on any atom is -0.370 e. The lowest BCUT2D eigenvalue weighted by Gasteiger charge is -2.47. The Bertz CT molecular complexity index is 899. The van der Waals surface area contributed by atoms with Gasteiger partial charge in [0.1, 0.15) is 23.7 Å². The fourth-order valence-electron chi connectivity index (χ4n) is 2.88. The Morgan fingerprint density at radius 3 is 2.23 bits per heavy atom. The third-order valence-electron chi connectivity index (χ3n) is 4.31. The molecule has 1 atom stereocenters. The van der Waals surface area contributed by atoms with Crippen molar-refractivity contribution in [1.29, 1.82) is 5.26 Å². The number of hydrogen-bond acceptors (Lipinski definition) is 12. The van der Waals surface area contributed by atoms with E-state index in [1.54, 1.807) is 13.8 Å². The van der Waals surface area contributed by atoms with Gasteiger partial charge in [0.05, 0.1) is 0 Å². The molecule has 1 amide bonds. The Morgan fingerprint density at radius 1 is 1.26 bits per heavy atom. The van der Waals surface area contributed by atoms with E-state index >= 15 is 0 Å². The summed E-state index contributed by atoms with van der Waals surface area (Å²) in [4.78, 5) is 29.9. The number of hydrogen-bond donors (Lipinski definition) is 9. The highest BCUT2D eigenvalue weighted by Crippen LogP contribution is 2.30. The van der Waals surface area contributed by atoms with Gasteiger partial charge < -0.3 is 41.3 Å². The smallest absolute Gasteiger partial charge is 0.348 e. The molecule has 0 saturated carbocycles. The van der Waals surface area contributed by atoms with Gasteiger partial charge in [0.2, 0.25) is 5.91 Å². The van der Waals surface area contributed by atoms with Crippen molar-refractivity contribution in [1.82, 2.24) is 14.9 Å². The Morgan fingerprint density at radius 2 is 1.81 bits per heavy atom. The van der Waals surface area contributed by atoms with E-state index in [0.717, 1.165) is 6.07 Å². The Labute approximate surface area is 177 Å². The summed E-state index contributed by atoms with van der Waals surface area (Å²) in [5.41, 5.74) is -0.434. The molecule has 9 N–H and O–H groups in total. The van der Waals surface area contributed by atoms with Gasteiger partial charge in [-0.15, -0.1) is 0 Å². The molecule has 0 bridgehead atoms. The van der Waals surface area contributed by atoms with Crippen LogP contribution < -0.4 is 16.3 Å². The lowest BCUT2D eigenvalue weighted by atomic mass is 9.97. The first-order chi connectivity index (χ1) is 14.0. The van der Waals surface area contributed by atoms with E-state index in [-0.39, 0.29) is 11.6 Å². The summed E-state index contributed by atoms with van der Waals surface area (Å²) in [7, 11) is 0. The van der Waals surface area contributed by atoms with Crippen molar-refractivity contribution >= 4 is 17.5 Å². The first-order valence-corrected chi connectivity index (χ1v) is 9.22. The van der Waals surface area contributed by atoms with E-state index in [1.165, 1.54) is 13.8 Å². The number of aromatic nitrogens is 2. The van der Waals surface area contributed by atoms with Gasteiger partial charge in [-0.25, -0.2) is 9.69 Å². The number of carbonyl (C=O) groups excluding carboxylic acids is 1. The number of carbonyl (C=O) groups is 1. The van der Waals surface area contributed by atoms with Crippen molar-refractivity contribution < 1.29 is 35.4 Å². The number of nitrogens with one attached hydrogen (secondary N) is 3. The predicted octanol–water partition coefficient (Wildman–Crippen LogP) is -2.72. The van der Waals surface area contributed by atoms with E-state index in [4.69, 9.17) is 5.26 Å². The molecule has 1 unspecified atom stereocenters. The SMILES string of the molecule is CCNc1nc(=O)[nH]c(NC(C(C)C)C(O)(O)N(C(=O)C(O)(O)C#N)C(C)(O)O)c1C. The van der Waals surface area contributed by atoms with Gasteiger partial charge in [0, 0.05) is 19.0 Å². The van der Waals surface area contributed by atoms with Gasteiger partial charge in [-0.1, -0.05) is 13.8 Å². The van der Waals surface area contributed by atoms with Crippen LogP contribution in [0.2, 0.25) is 0 Å². The van der Waals surface area contributed by atoms with E-state index < -0.39 is 46.1 Å². The summed E-state index contributed by atoms with van der Waals surface area (Å²) in [5.74, 6) is -13.4.